The van der Waals surface area contributed by atoms with E-state index in [0.29, 0.717) is 6.42 Å². The Hall–Kier alpha value is -0.630. The molecular weight excluding hydrogens is 176 g/mol. The van der Waals surface area contributed by atoms with Gasteiger partial charge in [0.1, 0.15) is 6.29 Å². The van der Waals surface area contributed by atoms with Crippen molar-refractivity contribution >= 4 is 6.29 Å². The standard InChI is InChI=1S/C12H22O2/c1-2-3-4-5-6-7-8-9-12(14)10-11-13/h7-8,11-12,14H,2-6,9-10H2,1H3. The summed E-state index contributed by atoms with van der Waals surface area (Å²) < 4.78 is 0. The Bertz CT molecular complexity index is 152. The third kappa shape index (κ3) is 9.46. The second-order valence-electron chi connectivity index (χ2n) is 3.61. The molecule has 0 saturated carbocycles. The average molecular weight is 198 g/mol. The third-order valence-electron chi connectivity index (χ3n) is 2.17. The van der Waals surface area contributed by atoms with Gasteiger partial charge in [0, 0.05) is 6.42 Å². The Balaban J connectivity index is 3.22. The van der Waals surface area contributed by atoms with Crippen LogP contribution in [-0.2, 0) is 4.79 Å². The fraction of sp³-hybridized carbons (Fsp3) is 0.750. The SMILES string of the molecule is CCCCCCC=CCC(O)CC=O. The highest BCUT2D eigenvalue weighted by atomic mass is 16.3. The lowest BCUT2D eigenvalue weighted by Gasteiger charge is -2.00. The minimum absolute atomic E-state index is 0.250. The van der Waals surface area contributed by atoms with Crippen LogP contribution in [-0.4, -0.2) is 17.5 Å². The van der Waals surface area contributed by atoms with E-state index in [-0.39, 0.29) is 6.42 Å². The summed E-state index contributed by atoms with van der Waals surface area (Å²) in [7, 11) is 0. The van der Waals surface area contributed by atoms with E-state index in [1.165, 1.54) is 25.7 Å². The molecule has 0 spiro atoms. The van der Waals surface area contributed by atoms with Gasteiger partial charge in [-0.2, -0.15) is 0 Å². The maximum atomic E-state index is 10.0. The van der Waals surface area contributed by atoms with Crippen molar-refractivity contribution in [2.24, 2.45) is 0 Å². The molecule has 0 heterocycles. The Morgan fingerprint density at radius 2 is 1.93 bits per heavy atom. The van der Waals surface area contributed by atoms with Crippen LogP contribution in [0.25, 0.3) is 0 Å². The topological polar surface area (TPSA) is 37.3 Å². The lowest BCUT2D eigenvalue weighted by molar-refractivity contribution is -0.109. The van der Waals surface area contributed by atoms with E-state index in [4.69, 9.17) is 0 Å². The zero-order valence-electron chi connectivity index (χ0n) is 9.11. The molecule has 1 atom stereocenters. The van der Waals surface area contributed by atoms with Gasteiger partial charge in [-0.25, -0.2) is 0 Å². The Kier molecular flexibility index (Phi) is 9.98. The van der Waals surface area contributed by atoms with Crippen LogP contribution in [0.15, 0.2) is 12.2 Å². The van der Waals surface area contributed by atoms with E-state index in [9.17, 15) is 9.90 Å². The predicted octanol–water partition coefficient (Wildman–Crippen LogP) is 2.85. The van der Waals surface area contributed by atoms with E-state index in [0.717, 1.165) is 12.7 Å². The van der Waals surface area contributed by atoms with Crippen molar-refractivity contribution in [3.05, 3.63) is 12.2 Å². The summed E-state index contributed by atoms with van der Waals surface area (Å²) in [6, 6.07) is 0. The maximum Gasteiger partial charge on any atom is 0.122 e. The van der Waals surface area contributed by atoms with Crippen molar-refractivity contribution < 1.29 is 9.90 Å². The number of carbonyl (C=O) groups is 1. The maximum absolute atomic E-state index is 10.0. The smallest absolute Gasteiger partial charge is 0.122 e. The van der Waals surface area contributed by atoms with Crippen molar-refractivity contribution in [3.63, 3.8) is 0 Å². The largest absolute Gasteiger partial charge is 0.392 e. The summed E-state index contributed by atoms with van der Waals surface area (Å²) in [6.45, 7) is 2.20. The third-order valence-corrected chi connectivity index (χ3v) is 2.17. The normalized spacial score (nSPS) is 13.3. The number of hydrogen-bond acceptors (Lipinski definition) is 2. The van der Waals surface area contributed by atoms with Crippen molar-refractivity contribution in [3.8, 4) is 0 Å². The van der Waals surface area contributed by atoms with Crippen LogP contribution in [0.5, 0.6) is 0 Å². The molecule has 0 bridgehead atoms. The highest BCUT2D eigenvalue weighted by Gasteiger charge is 1.98. The van der Waals surface area contributed by atoms with Crippen molar-refractivity contribution in [2.45, 2.75) is 58.0 Å². The average Bonchev–Trinajstić information content (AvgIpc) is 2.17. The molecule has 0 aromatic rings. The van der Waals surface area contributed by atoms with Gasteiger partial charge in [0.2, 0.25) is 0 Å². The van der Waals surface area contributed by atoms with Gasteiger partial charge in [0.25, 0.3) is 0 Å². The molecule has 0 saturated heterocycles. The molecule has 14 heavy (non-hydrogen) atoms. The number of hydrogen-bond donors (Lipinski definition) is 1. The number of allylic oxidation sites excluding steroid dienone is 1. The molecule has 0 aromatic carbocycles. The van der Waals surface area contributed by atoms with E-state index >= 15 is 0 Å². The second-order valence-corrected chi connectivity index (χ2v) is 3.61. The molecule has 0 aromatic heterocycles. The first kappa shape index (κ1) is 13.4. The van der Waals surface area contributed by atoms with Crippen molar-refractivity contribution in [2.75, 3.05) is 0 Å². The first-order valence-corrected chi connectivity index (χ1v) is 5.58. The van der Waals surface area contributed by atoms with E-state index in [1.807, 2.05) is 6.08 Å². The number of rotatable bonds is 9. The Labute approximate surface area is 87.0 Å². The lowest BCUT2D eigenvalue weighted by Crippen LogP contribution is -2.04. The van der Waals surface area contributed by atoms with Gasteiger partial charge in [-0.15, -0.1) is 0 Å². The minimum Gasteiger partial charge on any atom is -0.392 e. The molecule has 0 radical (unpaired) electrons. The van der Waals surface area contributed by atoms with Crippen LogP contribution >= 0.6 is 0 Å². The summed E-state index contributed by atoms with van der Waals surface area (Å²) in [5.41, 5.74) is 0. The van der Waals surface area contributed by atoms with Gasteiger partial charge in [0.05, 0.1) is 6.10 Å². The summed E-state index contributed by atoms with van der Waals surface area (Å²) in [4.78, 5) is 10.0. The van der Waals surface area contributed by atoms with E-state index in [1.54, 1.807) is 0 Å². The first-order valence-electron chi connectivity index (χ1n) is 5.58. The van der Waals surface area contributed by atoms with Crippen molar-refractivity contribution in [1.82, 2.24) is 0 Å². The molecular formula is C12H22O2. The first-order chi connectivity index (χ1) is 6.81. The Morgan fingerprint density at radius 3 is 2.57 bits per heavy atom. The summed E-state index contributed by atoms with van der Waals surface area (Å²) in [6.07, 6.45) is 11.4. The highest BCUT2D eigenvalue weighted by molar-refractivity contribution is 5.50. The molecule has 1 N–H and O–H groups in total. The number of carbonyl (C=O) groups excluding carboxylic acids is 1. The summed E-state index contributed by atoms with van der Waals surface area (Å²) >= 11 is 0. The highest BCUT2D eigenvalue weighted by Crippen LogP contribution is 2.04. The molecule has 0 aliphatic heterocycles. The van der Waals surface area contributed by atoms with Crippen molar-refractivity contribution in [1.29, 1.82) is 0 Å². The summed E-state index contributed by atoms with van der Waals surface area (Å²) in [5.74, 6) is 0. The lowest BCUT2D eigenvalue weighted by atomic mass is 10.1. The van der Waals surface area contributed by atoms with Crippen LogP contribution < -0.4 is 0 Å². The zero-order chi connectivity index (χ0) is 10.6. The van der Waals surface area contributed by atoms with Gasteiger partial charge in [-0.1, -0.05) is 38.3 Å². The molecule has 1 unspecified atom stereocenters. The number of aliphatic hydroxyl groups is 1. The minimum atomic E-state index is -0.487. The van der Waals surface area contributed by atoms with Gasteiger partial charge in [-0.3, -0.25) is 0 Å². The molecule has 0 rings (SSSR count). The quantitative estimate of drug-likeness (QED) is 0.351. The molecule has 0 fully saturated rings. The second kappa shape index (κ2) is 10.5. The fourth-order valence-corrected chi connectivity index (χ4v) is 1.27. The number of aliphatic hydroxyl groups excluding tert-OH is 1. The molecule has 82 valence electrons. The predicted molar refractivity (Wildman–Crippen MR) is 59.2 cm³/mol. The van der Waals surface area contributed by atoms with Gasteiger partial charge >= 0.3 is 0 Å². The zero-order valence-corrected chi connectivity index (χ0v) is 9.11. The molecule has 0 aliphatic carbocycles. The van der Waals surface area contributed by atoms with Gasteiger partial charge in [-0.05, 0) is 19.3 Å². The van der Waals surface area contributed by atoms with E-state index < -0.39 is 6.10 Å². The fourth-order valence-electron chi connectivity index (χ4n) is 1.27. The number of aldehydes is 1. The van der Waals surface area contributed by atoms with Crippen LogP contribution in [0.2, 0.25) is 0 Å². The molecule has 2 heteroatoms. The van der Waals surface area contributed by atoms with Crippen LogP contribution in [0.3, 0.4) is 0 Å². The molecule has 2 nitrogen and oxygen atoms in total. The van der Waals surface area contributed by atoms with Gasteiger partial charge in [0.15, 0.2) is 0 Å². The monoisotopic (exact) mass is 198 g/mol. The summed E-state index contributed by atoms with van der Waals surface area (Å²) in [5, 5.41) is 9.21. The van der Waals surface area contributed by atoms with Crippen LogP contribution in [0, 0.1) is 0 Å². The number of unbranched alkanes of at least 4 members (excludes halogenated alkanes) is 4. The molecule has 0 amide bonds. The Morgan fingerprint density at radius 1 is 1.14 bits per heavy atom. The van der Waals surface area contributed by atoms with Crippen LogP contribution in [0.1, 0.15) is 51.9 Å². The van der Waals surface area contributed by atoms with Gasteiger partial charge < -0.3 is 9.90 Å². The van der Waals surface area contributed by atoms with E-state index in [2.05, 4.69) is 13.0 Å². The molecule has 0 aliphatic rings. The van der Waals surface area contributed by atoms with Crippen LogP contribution in [0.4, 0.5) is 0 Å².